The number of nitro groups is 2. The van der Waals surface area contributed by atoms with Crippen molar-refractivity contribution < 1.29 is 9.85 Å². The maximum absolute atomic E-state index is 10.9. The van der Waals surface area contributed by atoms with E-state index in [0.717, 1.165) is 28.7 Å². The molecule has 248 valence electrons. The SMILES string of the molecule is Cc1c(C#C[Si](C)(C)C)cnn1C.Cc1ncc([N+](=O)[O-])cc1-n1cc(-c2cnn(C)c2C)nn1.Cc1ncc([N+](=O)[O-])cc1N=[N+]=[N-]. The number of pyridine rings is 2. The Morgan fingerprint density at radius 1 is 0.875 bits per heavy atom. The predicted molar refractivity (Wildman–Crippen MR) is 180 cm³/mol. The van der Waals surface area contributed by atoms with Crippen LogP contribution in [0.1, 0.15) is 28.3 Å². The van der Waals surface area contributed by atoms with Crippen molar-refractivity contribution in [1.82, 2.24) is 44.5 Å². The molecule has 0 aliphatic heterocycles. The Morgan fingerprint density at radius 2 is 1.46 bits per heavy atom. The van der Waals surface area contributed by atoms with E-state index in [1.165, 1.54) is 23.0 Å². The molecule has 48 heavy (non-hydrogen) atoms. The van der Waals surface area contributed by atoms with Crippen LogP contribution in [0.15, 0.2) is 48.2 Å². The summed E-state index contributed by atoms with van der Waals surface area (Å²) in [6.07, 6.45) is 7.59. The first-order valence-electron chi connectivity index (χ1n) is 14.2. The van der Waals surface area contributed by atoms with Crippen LogP contribution >= 0.6 is 0 Å². The van der Waals surface area contributed by atoms with Gasteiger partial charge in [-0.1, -0.05) is 35.9 Å². The van der Waals surface area contributed by atoms with Crippen LogP contribution in [0.2, 0.25) is 19.6 Å². The standard InChI is InChI=1S/C13H13N7O2.C10H16N2Si.C6H5N5O2/c1-8-13(4-10(5-14-8)20(21)22)19-7-12(16-17-19)11-6-15-18(3)9(11)2;1-9-10(8-11-12(9)2)6-7-13(3,4)5;1-4-6(9-10-7)2-5(3-8-4)11(12)13/h4-7H,1-3H3;8H,1-5H3;2-3H,1H3. The first kappa shape index (κ1) is 36.2. The van der Waals surface area contributed by atoms with E-state index in [-0.39, 0.29) is 17.1 Å². The lowest BCUT2D eigenvalue weighted by Gasteiger charge is -2.03. The number of nitrogens with zero attached hydrogens (tertiary/aromatic N) is 14. The van der Waals surface area contributed by atoms with Crippen LogP contribution in [-0.4, -0.2) is 62.4 Å². The molecule has 0 spiro atoms. The number of hydrogen-bond acceptors (Lipinski definition) is 11. The summed E-state index contributed by atoms with van der Waals surface area (Å²) in [6.45, 7) is 14.1. The molecule has 5 heterocycles. The minimum Gasteiger partial charge on any atom is -0.272 e. The van der Waals surface area contributed by atoms with E-state index >= 15 is 0 Å². The zero-order valence-electron chi connectivity index (χ0n) is 27.9. The molecule has 0 aromatic carbocycles. The molecule has 5 aromatic heterocycles. The van der Waals surface area contributed by atoms with Gasteiger partial charge in [0.25, 0.3) is 11.4 Å². The Labute approximate surface area is 276 Å². The monoisotopic (exact) mass is 670 g/mol. The van der Waals surface area contributed by atoms with Gasteiger partial charge in [-0.2, -0.15) is 10.2 Å². The van der Waals surface area contributed by atoms with Gasteiger partial charge in [0.1, 0.15) is 26.2 Å². The fraction of sp³-hybridized carbons (Fsp3) is 0.310. The van der Waals surface area contributed by atoms with E-state index in [2.05, 4.69) is 71.6 Å². The molecule has 18 nitrogen and oxygen atoms in total. The second-order valence-corrected chi connectivity index (χ2v) is 16.1. The van der Waals surface area contributed by atoms with Crippen molar-refractivity contribution in [3.05, 3.63) is 102 Å². The van der Waals surface area contributed by atoms with Gasteiger partial charge in [0.05, 0.1) is 56.8 Å². The predicted octanol–water partition coefficient (Wildman–Crippen LogP) is 5.79. The van der Waals surface area contributed by atoms with Crippen molar-refractivity contribution in [2.45, 2.75) is 47.3 Å². The van der Waals surface area contributed by atoms with E-state index in [1.54, 1.807) is 30.9 Å². The number of hydrogen-bond donors (Lipinski definition) is 0. The van der Waals surface area contributed by atoms with Crippen LogP contribution in [-0.2, 0) is 14.1 Å². The average molecular weight is 671 g/mol. The number of aryl methyl sites for hydroxylation is 4. The Balaban J connectivity index is 0.000000208. The fourth-order valence-electron chi connectivity index (χ4n) is 3.73. The minimum absolute atomic E-state index is 0.0878. The van der Waals surface area contributed by atoms with E-state index in [1.807, 2.05) is 38.8 Å². The van der Waals surface area contributed by atoms with Gasteiger partial charge in [0, 0.05) is 48.1 Å². The van der Waals surface area contributed by atoms with Crippen molar-refractivity contribution in [1.29, 1.82) is 0 Å². The summed E-state index contributed by atoms with van der Waals surface area (Å²) in [4.78, 5) is 30.4. The lowest BCUT2D eigenvalue weighted by molar-refractivity contribution is -0.385. The maximum atomic E-state index is 10.9. The molecule has 0 saturated carbocycles. The molecule has 0 saturated heterocycles. The van der Waals surface area contributed by atoms with Gasteiger partial charge in [-0.3, -0.25) is 39.6 Å². The second-order valence-electron chi connectivity index (χ2n) is 11.4. The zero-order valence-corrected chi connectivity index (χ0v) is 28.9. The van der Waals surface area contributed by atoms with E-state index in [9.17, 15) is 20.2 Å². The third-order valence-electron chi connectivity index (χ3n) is 6.72. The lowest BCUT2D eigenvalue weighted by atomic mass is 10.2. The third kappa shape index (κ3) is 9.38. The van der Waals surface area contributed by atoms with Crippen LogP contribution in [0.4, 0.5) is 17.1 Å². The maximum Gasteiger partial charge on any atom is 0.289 e. The van der Waals surface area contributed by atoms with Gasteiger partial charge >= 0.3 is 0 Å². The average Bonchev–Trinajstić information content (AvgIpc) is 3.73. The number of aromatic nitrogens is 9. The quantitative estimate of drug-likeness (QED) is 0.0416. The van der Waals surface area contributed by atoms with Gasteiger partial charge in [-0.25, -0.2) is 4.68 Å². The van der Waals surface area contributed by atoms with Crippen molar-refractivity contribution in [3.8, 4) is 28.4 Å². The molecule has 0 atom stereocenters. The number of azide groups is 1. The molecule has 0 N–H and O–H groups in total. The molecule has 19 heteroatoms. The van der Waals surface area contributed by atoms with Crippen LogP contribution in [0.5, 0.6) is 0 Å². The molecule has 5 aromatic rings. The topological polar surface area (TPSA) is 227 Å². The molecule has 0 bridgehead atoms. The summed E-state index contributed by atoms with van der Waals surface area (Å²) in [5.74, 6) is 3.20. The normalized spacial score (nSPS) is 10.4. The molecule has 0 radical (unpaired) electrons. The summed E-state index contributed by atoms with van der Waals surface area (Å²) >= 11 is 0. The Bertz CT molecular complexity index is 2070. The number of rotatable bonds is 5. The summed E-state index contributed by atoms with van der Waals surface area (Å²) in [5.41, 5.74) is 17.7. The molecular formula is C29H34N14O4Si. The highest BCUT2D eigenvalue weighted by molar-refractivity contribution is 6.83. The Kier molecular flexibility index (Phi) is 11.6. The minimum atomic E-state index is -1.25. The van der Waals surface area contributed by atoms with Crippen molar-refractivity contribution in [2.24, 2.45) is 19.2 Å². The van der Waals surface area contributed by atoms with Crippen LogP contribution in [0.3, 0.4) is 0 Å². The van der Waals surface area contributed by atoms with Crippen LogP contribution in [0, 0.1) is 59.4 Å². The summed E-state index contributed by atoms with van der Waals surface area (Å²) in [5, 5.41) is 40.9. The molecule has 0 unspecified atom stereocenters. The first-order valence-corrected chi connectivity index (χ1v) is 17.7. The van der Waals surface area contributed by atoms with Crippen molar-refractivity contribution >= 4 is 25.1 Å². The van der Waals surface area contributed by atoms with E-state index < -0.39 is 17.9 Å². The van der Waals surface area contributed by atoms with E-state index in [4.69, 9.17) is 5.53 Å². The van der Waals surface area contributed by atoms with E-state index in [0.29, 0.717) is 22.8 Å². The van der Waals surface area contributed by atoms with Gasteiger partial charge in [0.15, 0.2) is 0 Å². The molecule has 0 aliphatic carbocycles. The highest BCUT2D eigenvalue weighted by Crippen LogP contribution is 2.24. The largest absolute Gasteiger partial charge is 0.289 e. The van der Waals surface area contributed by atoms with Gasteiger partial charge < -0.3 is 0 Å². The molecule has 0 aliphatic rings. The van der Waals surface area contributed by atoms with Crippen LogP contribution < -0.4 is 0 Å². The van der Waals surface area contributed by atoms with Crippen LogP contribution in [0.25, 0.3) is 27.4 Å². The van der Waals surface area contributed by atoms with Gasteiger partial charge in [0.2, 0.25) is 0 Å². The summed E-state index contributed by atoms with van der Waals surface area (Å²) in [7, 11) is 2.53. The third-order valence-corrected chi connectivity index (χ3v) is 7.60. The van der Waals surface area contributed by atoms with Crippen molar-refractivity contribution in [2.75, 3.05) is 0 Å². The van der Waals surface area contributed by atoms with Gasteiger partial charge in [-0.05, 0) is 33.2 Å². The molecule has 0 amide bonds. The van der Waals surface area contributed by atoms with Crippen molar-refractivity contribution in [3.63, 3.8) is 0 Å². The Hall–Kier alpha value is -6.25. The highest BCUT2D eigenvalue weighted by Gasteiger charge is 2.16. The molecular weight excluding hydrogens is 636 g/mol. The summed E-state index contributed by atoms with van der Waals surface area (Å²) in [6, 6.07) is 2.61. The smallest absolute Gasteiger partial charge is 0.272 e. The fourth-order valence-corrected chi connectivity index (χ4v) is 4.24. The highest BCUT2D eigenvalue weighted by atomic mass is 28.3. The Morgan fingerprint density at radius 3 is 1.98 bits per heavy atom. The lowest BCUT2D eigenvalue weighted by Crippen LogP contribution is -2.16. The molecule has 5 rings (SSSR count). The summed E-state index contributed by atoms with van der Waals surface area (Å²) < 4.78 is 5.08. The first-order chi connectivity index (χ1) is 22.5. The zero-order chi connectivity index (χ0) is 35.8. The van der Waals surface area contributed by atoms with Gasteiger partial charge in [-0.15, -0.1) is 10.6 Å². The second kappa shape index (κ2) is 15.4. The molecule has 0 fully saturated rings.